The first-order chi connectivity index (χ1) is 6.16. The van der Waals surface area contributed by atoms with Crippen LogP contribution in [0, 0.1) is 11.8 Å². The molecule has 1 amide bonds. The van der Waals surface area contributed by atoms with E-state index in [0.29, 0.717) is 13.2 Å². The average Bonchev–Trinajstić information content (AvgIpc) is 2.04. The van der Waals surface area contributed by atoms with Gasteiger partial charge in [0, 0.05) is 6.54 Å². The monoisotopic (exact) mass is 185 g/mol. The summed E-state index contributed by atoms with van der Waals surface area (Å²) in [6.45, 7) is 4.63. The first-order valence-corrected chi connectivity index (χ1v) is 4.61. The van der Waals surface area contributed by atoms with E-state index < -0.39 is 11.9 Å². The Balaban J connectivity index is 2.62. The fourth-order valence-corrected chi connectivity index (χ4v) is 1.53. The van der Waals surface area contributed by atoms with Gasteiger partial charge in [0.25, 0.3) is 0 Å². The molecule has 74 valence electrons. The molecule has 0 unspecified atom stereocenters. The van der Waals surface area contributed by atoms with E-state index >= 15 is 0 Å². The molecule has 0 bridgehead atoms. The number of carbonyl (C=O) groups is 2. The zero-order valence-corrected chi connectivity index (χ0v) is 8.00. The SMILES string of the molecule is CCOC(=O)[C@H]1C(=O)NCC[C@@H]1C. The van der Waals surface area contributed by atoms with Crippen molar-refractivity contribution in [2.45, 2.75) is 20.3 Å². The topological polar surface area (TPSA) is 55.4 Å². The van der Waals surface area contributed by atoms with Gasteiger partial charge in [0.05, 0.1) is 6.61 Å². The highest BCUT2D eigenvalue weighted by atomic mass is 16.5. The van der Waals surface area contributed by atoms with Gasteiger partial charge in [0.15, 0.2) is 0 Å². The van der Waals surface area contributed by atoms with Gasteiger partial charge in [0.2, 0.25) is 5.91 Å². The standard InChI is InChI=1S/C9H15NO3/c1-3-13-9(12)7-6(2)4-5-10-8(7)11/h6-7H,3-5H2,1-2H3,(H,10,11)/t6-,7+/m0/s1. The lowest BCUT2D eigenvalue weighted by atomic mass is 9.87. The van der Waals surface area contributed by atoms with Crippen molar-refractivity contribution in [2.75, 3.05) is 13.2 Å². The summed E-state index contributed by atoms with van der Waals surface area (Å²) in [4.78, 5) is 22.6. The van der Waals surface area contributed by atoms with Crippen LogP contribution in [0.3, 0.4) is 0 Å². The number of ether oxygens (including phenoxy) is 1. The molecular weight excluding hydrogens is 170 g/mol. The minimum absolute atomic E-state index is 0.0906. The Bertz CT molecular complexity index is 215. The van der Waals surface area contributed by atoms with E-state index in [9.17, 15) is 9.59 Å². The summed E-state index contributed by atoms with van der Waals surface area (Å²) in [6.07, 6.45) is 0.842. The van der Waals surface area contributed by atoms with Crippen molar-refractivity contribution in [3.63, 3.8) is 0 Å². The summed E-state index contributed by atoms with van der Waals surface area (Å²) in [5, 5.41) is 2.66. The second kappa shape index (κ2) is 4.25. The molecule has 1 aliphatic rings. The van der Waals surface area contributed by atoms with Crippen LogP contribution in [0.2, 0.25) is 0 Å². The second-order valence-electron chi connectivity index (χ2n) is 3.29. The molecule has 1 fully saturated rings. The van der Waals surface area contributed by atoms with Crippen molar-refractivity contribution in [1.29, 1.82) is 0 Å². The van der Waals surface area contributed by atoms with E-state index in [0.717, 1.165) is 6.42 Å². The van der Waals surface area contributed by atoms with Crippen LogP contribution in [-0.2, 0) is 14.3 Å². The molecule has 4 heteroatoms. The van der Waals surface area contributed by atoms with Crippen LogP contribution in [0.25, 0.3) is 0 Å². The van der Waals surface area contributed by atoms with E-state index in [1.807, 2.05) is 6.92 Å². The van der Waals surface area contributed by atoms with Gasteiger partial charge < -0.3 is 10.1 Å². The number of esters is 1. The van der Waals surface area contributed by atoms with Crippen molar-refractivity contribution in [2.24, 2.45) is 11.8 Å². The Labute approximate surface area is 77.6 Å². The molecule has 1 N–H and O–H groups in total. The third kappa shape index (κ3) is 2.20. The van der Waals surface area contributed by atoms with E-state index in [-0.39, 0.29) is 11.8 Å². The van der Waals surface area contributed by atoms with Gasteiger partial charge in [-0.25, -0.2) is 0 Å². The minimum atomic E-state index is -0.603. The molecule has 2 atom stereocenters. The predicted molar refractivity (Wildman–Crippen MR) is 46.9 cm³/mol. The molecule has 0 aromatic rings. The number of carbonyl (C=O) groups excluding carboxylic acids is 2. The van der Waals surface area contributed by atoms with E-state index in [1.165, 1.54) is 0 Å². The van der Waals surface area contributed by atoms with Crippen molar-refractivity contribution in [3.05, 3.63) is 0 Å². The zero-order chi connectivity index (χ0) is 9.84. The molecule has 0 radical (unpaired) electrons. The molecular formula is C9H15NO3. The fourth-order valence-electron chi connectivity index (χ4n) is 1.53. The molecule has 1 rings (SSSR count). The normalized spacial score (nSPS) is 28.0. The summed E-state index contributed by atoms with van der Waals surface area (Å²) in [5.74, 6) is -1.11. The highest BCUT2D eigenvalue weighted by molar-refractivity contribution is 5.98. The Morgan fingerprint density at radius 3 is 2.92 bits per heavy atom. The maximum absolute atomic E-state index is 11.3. The van der Waals surface area contributed by atoms with Crippen molar-refractivity contribution >= 4 is 11.9 Å². The molecule has 0 aliphatic carbocycles. The summed E-state index contributed by atoms with van der Waals surface area (Å²) in [5.41, 5.74) is 0. The Hall–Kier alpha value is -1.06. The van der Waals surface area contributed by atoms with Crippen LogP contribution in [-0.4, -0.2) is 25.0 Å². The fraction of sp³-hybridized carbons (Fsp3) is 0.778. The van der Waals surface area contributed by atoms with Gasteiger partial charge in [0.1, 0.15) is 5.92 Å². The third-order valence-corrected chi connectivity index (χ3v) is 2.29. The van der Waals surface area contributed by atoms with Gasteiger partial charge in [-0.2, -0.15) is 0 Å². The lowest BCUT2D eigenvalue weighted by Crippen LogP contribution is -2.45. The number of piperidine rings is 1. The van der Waals surface area contributed by atoms with Gasteiger partial charge in [-0.05, 0) is 19.3 Å². The minimum Gasteiger partial charge on any atom is -0.465 e. The van der Waals surface area contributed by atoms with Crippen LogP contribution in [0.1, 0.15) is 20.3 Å². The molecule has 1 heterocycles. The lowest BCUT2D eigenvalue weighted by Gasteiger charge is -2.26. The quantitative estimate of drug-likeness (QED) is 0.498. The first-order valence-electron chi connectivity index (χ1n) is 4.61. The maximum Gasteiger partial charge on any atom is 0.318 e. The molecule has 0 saturated carbocycles. The lowest BCUT2D eigenvalue weighted by molar-refractivity contribution is -0.155. The van der Waals surface area contributed by atoms with Crippen molar-refractivity contribution < 1.29 is 14.3 Å². The molecule has 1 saturated heterocycles. The summed E-state index contributed by atoms with van der Waals surface area (Å²) < 4.78 is 4.82. The number of rotatable bonds is 2. The van der Waals surface area contributed by atoms with Gasteiger partial charge >= 0.3 is 5.97 Å². The van der Waals surface area contributed by atoms with Crippen molar-refractivity contribution in [3.8, 4) is 0 Å². The van der Waals surface area contributed by atoms with Crippen molar-refractivity contribution in [1.82, 2.24) is 5.32 Å². The highest BCUT2D eigenvalue weighted by Crippen LogP contribution is 2.20. The molecule has 0 aromatic carbocycles. The number of nitrogens with one attached hydrogen (secondary N) is 1. The van der Waals surface area contributed by atoms with E-state index in [4.69, 9.17) is 4.74 Å². The van der Waals surface area contributed by atoms with Crippen LogP contribution in [0.15, 0.2) is 0 Å². The van der Waals surface area contributed by atoms with Crippen LogP contribution >= 0.6 is 0 Å². The number of hydrogen-bond acceptors (Lipinski definition) is 3. The molecule has 4 nitrogen and oxygen atoms in total. The van der Waals surface area contributed by atoms with Crippen LogP contribution < -0.4 is 5.32 Å². The molecule has 13 heavy (non-hydrogen) atoms. The summed E-state index contributed by atoms with van der Waals surface area (Å²) in [6, 6.07) is 0. The maximum atomic E-state index is 11.3. The number of amides is 1. The van der Waals surface area contributed by atoms with Gasteiger partial charge in [-0.15, -0.1) is 0 Å². The predicted octanol–water partition coefficient (Wildman–Crippen LogP) is 0.322. The second-order valence-corrected chi connectivity index (χ2v) is 3.29. The molecule has 0 spiro atoms. The van der Waals surface area contributed by atoms with Gasteiger partial charge in [-0.1, -0.05) is 6.92 Å². The number of hydrogen-bond donors (Lipinski definition) is 1. The summed E-state index contributed by atoms with van der Waals surface area (Å²) in [7, 11) is 0. The smallest absolute Gasteiger partial charge is 0.318 e. The Morgan fingerprint density at radius 2 is 2.38 bits per heavy atom. The highest BCUT2D eigenvalue weighted by Gasteiger charge is 2.35. The zero-order valence-electron chi connectivity index (χ0n) is 8.00. The van der Waals surface area contributed by atoms with Crippen LogP contribution in [0.4, 0.5) is 0 Å². The summed E-state index contributed by atoms with van der Waals surface area (Å²) >= 11 is 0. The van der Waals surface area contributed by atoms with Gasteiger partial charge in [-0.3, -0.25) is 9.59 Å². The molecule has 0 aromatic heterocycles. The van der Waals surface area contributed by atoms with E-state index in [1.54, 1.807) is 6.92 Å². The first kappa shape index (κ1) is 10.0. The average molecular weight is 185 g/mol. The Morgan fingerprint density at radius 1 is 1.69 bits per heavy atom. The van der Waals surface area contributed by atoms with Crippen LogP contribution in [0.5, 0.6) is 0 Å². The molecule has 1 aliphatic heterocycles. The Kier molecular flexibility index (Phi) is 3.28. The third-order valence-electron chi connectivity index (χ3n) is 2.29. The van der Waals surface area contributed by atoms with E-state index in [2.05, 4.69) is 5.32 Å². The largest absolute Gasteiger partial charge is 0.465 e.